The highest BCUT2D eigenvalue weighted by Gasteiger charge is 2.31. The van der Waals surface area contributed by atoms with Gasteiger partial charge >= 0.3 is 0 Å². The second-order valence-electron chi connectivity index (χ2n) is 4.68. The molecule has 1 aliphatic heterocycles. The summed E-state index contributed by atoms with van der Waals surface area (Å²) in [6.45, 7) is 4.36. The fourth-order valence-electron chi connectivity index (χ4n) is 2.20. The highest BCUT2D eigenvalue weighted by Crippen LogP contribution is 2.32. The molecular weight excluding hydrogens is 221 g/mol. The summed E-state index contributed by atoms with van der Waals surface area (Å²) < 4.78 is 13.6. The minimum Gasteiger partial charge on any atom is -0.300 e. The van der Waals surface area contributed by atoms with Crippen molar-refractivity contribution in [1.82, 2.24) is 5.32 Å². The maximum absolute atomic E-state index is 13.6. The third-order valence-electron chi connectivity index (χ3n) is 3.01. The van der Waals surface area contributed by atoms with Gasteiger partial charge in [-0.15, -0.1) is 11.8 Å². The van der Waals surface area contributed by atoms with Gasteiger partial charge in [0.2, 0.25) is 0 Å². The van der Waals surface area contributed by atoms with Crippen molar-refractivity contribution in [2.24, 2.45) is 0 Å². The van der Waals surface area contributed by atoms with E-state index >= 15 is 0 Å². The Hall–Kier alpha value is -0.540. The first kappa shape index (κ1) is 11.9. The van der Waals surface area contributed by atoms with Gasteiger partial charge in [0.1, 0.15) is 5.82 Å². The van der Waals surface area contributed by atoms with E-state index in [1.165, 1.54) is 12.5 Å². The molecule has 1 heterocycles. The van der Waals surface area contributed by atoms with E-state index in [1.54, 1.807) is 6.07 Å². The Morgan fingerprint density at radius 2 is 2.25 bits per heavy atom. The number of nitrogens with one attached hydrogen (secondary N) is 1. The van der Waals surface area contributed by atoms with Gasteiger partial charge in [0.15, 0.2) is 0 Å². The maximum Gasteiger partial charge on any atom is 0.126 e. The maximum atomic E-state index is 13.6. The Bertz CT molecular complexity index is 369. The van der Waals surface area contributed by atoms with Crippen LogP contribution in [0.3, 0.4) is 0 Å². The predicted octanol–water partition coefficient (Wildman–Crippen LogP) is 3.20. The van der Waals surface area contributed by atoms with Crippen LogP contribution in [0.2, 0.25) is 0 Å². The zero-order chi connectivity index (χ0) is 11.6. The fourth-order valence-corrected chi connectivity index (χ4v) is 3.67. The average molecular weight is 239 g/mol. The molecule has 1 N–H and O–H groups in total. The summed E-state index contributed by atoms with van der Waals surface area (Å²) in [5.74, 6) is 1.06. The van der Waals surface area contributed by atoms with Crippen LogP contribution in [0.5, 0.6) is 0 Å². The molecule has 88 valence electrons. The predicted molar refractivity (Wildman–Crippen MR) is 68.2 cm³/mol. The van der Waals surface area contributed by atoms with E-state index in [0.717, 1.165) is 17.7 Å². The van der Waals surface area contributed by atoms with Crippen molar-refractivity contribution >= 4 is 11.8 Å². The van der Waals surface area contributed by atoms with Crippen molar-refractivity contribution in [1.29, 1.82) is 0 Å². The molecule has 0 bridgehead atoms. The van der Waals surface area contributed by atoms with Crippen molar-refractivity contribution in [2.45, 2.75) is 37.6 Å². The van der Waals surface area contributed by atoms with E-state index in [1.807, 2.05) is 23.9 Å². The van der Waals surface area contributed by atoms with E-state index in [4.69, 9.17) is 0 Å². The van der Waals surface area contributed by atoms with Crippen LogP contribution in [0.15, 0.2) is 24.3 Å². The Labute approximate surface area is 101 Å². The first-order valence-corrected chi connectivity index (χ1v) is 6.73. The van der Waals surface area contributed by atoms with Gasteiger partial charge in [-0.05, 0) is 37.7 Å². The van der Waals surface area contributed by atoms with Crippen LogP contribution in [0.1, 0.15) is 25.8 Å². The highest BCUT2D eigenvalue weighted by atomic mass is 32.2. The van der Waals surface area contributed by atoms with E-state index in [0.29, 0.717) is 6.04 Å². The molecule has 1 fully saturated rings. The molecule has 1 saturated heterocycles. The molecule has 0 spiro atoms. The molecule has 1 aromatic rings. The molecule has 1 aliphatic rings. The minimum absolute atomic E-state index is 0.0279. The minimum atomic E-state index is -0.0932. The lowest BCUT2D eigenvalue weighted by atomic mass is 10.0. The van der Waals surface area contributed by atoms with Crippen LogP contribution in [0.25, 0.3) is 0 Å². The Balaban J connectivity index is 2.11. The molecule has 0 aliphatic carbocycles. The largest absolute Gasteiger partial charge is 0.300 e. The quantitative estimate of drug-likeness (QED) is 0.850. The normalized spacial score (nSPS) is 30.3. The summed E-state index contributed by atoms with van der Waals surface area (Å²) in [6.07, 6.45) is 1.94. The van der Waals surface area contributed by atoms with Crippen LogP contribution in [-0.2, 0) is 6.42 Å². The zero-order valence-electron chi connectivity index (χ0n) is 9.79. The van der Waals surface area contributed by atoms with E-state index in [9.17, 15) is 4.39 Å². The fraction of sp³-hybridized carbons (Fsp3) is 0.538. The number of hydrogen-bond donors (Lipinski definition) is 1. The molecule has 0 radical (unpaired) electrons. The smallest absolute Gasteiger partial charge is 0.126 e. The molecule has 3 heteroatoms. The summed E-state index contributed by atoms with van der Waals surface area (Å²) in [5, 5.41) is 3.56. The van der Waals surface area contributed by atoms with Gasteiger partial charge < -0.3 is 5.32 Å². The van der Waals surface area contributed by atoms with Gasteiger partial charge in [0.05, 0.1) is 4.87 Å². The Morgan fingerprint density at radius 1 is 1.50 bits per heavy atom. The summed E-state index contributed by atoms with van der Waals surface area (Å²) in [6, 6.07) is 7.58. The van der Waals surface area contributed by atoms with Gasteiger partial charge in [-0.25, -0.2) is 4.39 Å². The lowest BCUT2D eigenvalue weighted by Gasteiger charge is -2.38. The monoisotopic (exact) mass is 239 g/mol. The molecule has 0 saturated carbocycles. The Kier molecular flexibility index (Phi) is 3.55. The standard InChI is InChI=1S/C13H18FNS/c1-10-7-8-16-13(2,15-10)9-11-5-3-4-6-12(11)14/h3-6,10,15H,7-9H2,1-2H3. The van der Waals surface area contributed by atoms with E-state index in [2.05, 4.69) is 19.2 Å². The lowest BCUT2D eigenvalue weighted by molar-refractivity contribution is 0.403. The van der Waals surface area contributed by atoms with Gasteiger partial charge in [-0.3, -0.25) is 0 Å². The summed E-state index contributed by atoms with van der Waals surface area (Å²) >= 11 is 1.90. The summed E-state index contributed by atoms with van der Waals surface area (Å²) in [4.78, 5) is -0.0279. The SMILES string of the molecule is CC1CCSC(C)(Cc2ccccc2F)N1. The summed E-state index contributed by atoms with van der Waals surface area (Å²) in [7, 11) is 0. The van der Waals surface area contributed by atoms with Crippen LogP contribution < -0.4 is 5.32 Å². The molecule has 2 rings (SSSR count). The van der Waals surface area contributed by atoms with E-state index in [-0.39, 0.29) is 10.7 Å². The first-order chi connectivity index (χ1) is 7.59. The molecule has 2 atom stereocenters. The topological polar surface area (TPSA) is 12.0 Å². The number of hydrogen-bond acceptors (Lipinski definition) is 2. The number of halogens is 1. The average Bonchev–Trinajstić information content (AvgIpc) is 2.21. The van der Waals surface area contributed by atoms with Crippen molar-refractivity contribution in [2.75, 3.05) is 5.75 Å². The van der Waals surface area contributed by atoms with Gasteiger partial charge in [-0.1, -0.05) is 18.2 Å². The van der Waals surface area contributed by atoms with Crippen molar-refractivity contribution in [3.05, 3.63) is 35.6 Å². The van der Waals surface area contributed by atoms with Gasteiger partial charge in [0, 0.05) is 12.5 Å². The molecule has 0 aromatic heterocycles. The van der Waals surface area contributed by atoms with E-state index < -0.39 is 0 Å². The highest BCUT2D eigenvalue weighted by molar-refractivity contribution is 8.00. The lowest BCUT2D eigenvalue weighted by Crippen LogP contribution is -2.49. The molecule has 0 amide bonds. The van der Waals surface area contributed by atoms with Gasteiger partial charge in [0.25, 0.3) is 0 Å². The van der Waals surface area contributed by atoms with Crippen LogP contribution in [0, 0.1) is 5.82 Å². The van der Waals surface area contributed by atoms with Crippen molar-refractivity contribution in [3.63, 3.8) is 0 Å². The van der Waals surface area contributed by atoms with Crippen LogP contribution in [0.4, 0.5) is 4.39 Å². The van der Waals surface area contributed by atoms with Crippen molar-refractivity contribution in [3.8, 4) is 0 Å². The van der Waals surface area contributed by atoms with Gasteiger partial charge in [-0.2, -0.15) is 0 Å². The molecule has 1 aromatic carbocycles. The van der Waals surface area contributed by atoms with Crippen molar-refractivity contribution < 1.29 is 4.39 Å². The molecule has 2 unspecified atom stereocenters. The summed E-state index contributed by atoms with van der Waals surface area (Å²) in [5.41, 5.74) is 0.805. The molecule has 1 nitrogen and oxygen atoms in total. The third-order valence-corrected chi connectivity index (χ3v) is 4.35. The first-order valence-electron chi connectivity index (χ1n) is 5.74. The Morgan fingerprint density at radius 3 is 2.94 bits per heavy atom. The van der Waals surface area contributed by atoms with Crippen LogP contribution >= 0.6 is 11.8 Å². The molecule has 16 heavy (non-hydrogen) atoms. The second-order valence-corrected chi connectivity index (χ2v) is 6.28. The number of thioether (sulfide) groups is 1. The molecular formula is C13H18FNS. The number of rotatable bonds is 2. The zero-order valence-corrected chi connectivity index (χ0v) is 10.6. The number of benzene rings is 1. The second kappa shape index (κ2) is 4.76. The van der Waals surface area contributed by atoms with Crippen LogP contribution in [-0.4, -0.2) is 16.7 Å². The third kappa shape index (κ3) is 2.77.